The number of hydrogen-bond acceptors (Lipinski definition) is 6. The molecule has 2 aromatic carbocycles. The van der Waals surface area contributed by atoms with Gasteiger partial charge in [0, 0.05) is 6.42 Å². The molecule has 160 valence electrons. The number of ether oxygens (including phenoxy) is 2. The molecule has 0 saturated carbocycles. The maximum Gasteiger partial charge on any atom is 0.408 e. The number of esters is 1. The van der Waals surface area contributed by atoms with Crippen LogP contribution in [0.15, 0.2) is 48.5 Å². The summed E-state index contributed by atoms with van der Waals surface area (Å²) in [6, 6.07) is 12.2. The first-order valence-corrected chi connectivity index (χ1v) is 9.34. The van der Waals surface area contributed by atoms with E-state index in [4.69, 9.17) is 4.74 Å². The van der Waals surface area contributed by atoms with E-state index in [0.717, 1.165) is 5.56 Å². The fourth-order valence-corrected chi connectivity index (χ4v) is 2.61. The Labute approximate surface area is 175 Å². The second kappa shape index (κ2) is 9.78. The van der Waals surface area contributed by atoms with Gasteiger partial charge in [0.1, 0.15) is 17.4 Å². The number of phenols is 1. The third kappa shape index (κ3) is 6.80. The van der Waals surface area contributed by atoms with E-state index in [-0.39, 0.29) is 23.4 Å². The molecule has 0 aliphatic heterocycles. The third-order valence-corrected chi connectivity index (χ3v) is 3.97. The van der Waals surface area contributed by atoms with Crippen LogP contribution >= 0.6 is 0 Å². The molecule has 0 aliphatic carbocycles. The van der Waals surface area contributed by atoms with Gasteiger partial charge in [0.15, 0.2) is 0 Å². The lowest BCUT2D eigenvalue weighted by molar-refractivity contribution is -0.118. The highest BCUT2D eigenvalue weighted by Crippen LogP contribution is 2.25. The highest BCUT2D eigenvalue weighted by molar-refractivity contribution is 5.99. The van der Waals surface area contributed by atoms with Crippen molar-refractivity contribution in [1.82, 2.24) is 5.32 Å². The fraction of sp³-hybridized carbons (Fsp3) is 0.318. The predicted molar refractivity (Wildman–Crippen MR) is 111 cm³/mol. The number of nitrogens with one attached hydrogen (secondary N) is 2. The van der Waals surface area contributed by atoms with Crippen molar-refractivity contribution in [2.75, 3.05) is 12.4 Å². The van der Waals surface area contributed by atoms with Gasteiger partial charge in [0.2, 0.25) is 5.91 Å². The number of hydrogen-bond donors (Lipinski definition) is 3. The fourth-order valence-electron chi connectivity index (χ4n) is 2.61. The van der Waals surface area contributed by atoms with Crippen LogP contribution in [0.2, 0.25) is 0 Å². The molecule has 2 aromatic rings. The Morgan fingerprint density at radius 1 is 1.07 bits per heavy atom. The summed E-state index contributed by atoms with van der Waals surface area (Å²) in [6.45, 7) is 5.17. The number of aromatic hydroxyl groups is 1. The van der Waals surface area contributed by atoms with Crippen LogP contribution < -0.4 is 10.6 Å². The minimum atomic E-state index is -0.957. The summed E-state index contributed by atoms with van der Waals surface area (Å²) in [5.74, 6) is -1.47. The Hall–Kier alpha value is -3.55. The molecule has 30 heavy (non-hydrogen) atoms. The van der Waals surface area contributed by atoms with Crippen LogP contribution in [-0.2, 0) is 20.7 Å². The average molecular weight is 414 g/mol. The Kier molecular flexibility index (Phi) is 7.41. The van der Waals surface area contributed by atoms with E-state index in [0.29, 0.717) is 0 Å². The zero-order chi connectivity index (χ0) is 22.3. The van der Waals surface area contributed by atoms with Gasteiger partial charge in [-0.1, -0.05) is 30.3 Å². The maximum atomic E-state index is 12.9. The second-order valence-electron chi connectivity index (χ2n) is 7.60. The molecule has 2 amide bonds. The van der Waals surface area contributed by atoms with Gasteiger partial charge in [-0.25, -0.2) is 9.59 Å². The van der Waals surface area contributed by atoms with Gasteiger partial charge in [0.25, 0.3) is 0 Å². The molecule has 0 bridgehead atoms. The van der Waals surface area contributed by atoms with E-state index in [9.17, 15) is 19.5 Å². The molecule has 0 radical (unpaired) electrons. The Morgan fingerprint density at radius 2 is 1.73 bits per heavy atom. The molecule has 2 rings (SSSR count). The molecule has 0 fully saturated rings. The van der Waals surface area contributed by atoms with Crippen molar-refractivity contribution in [3.8, 4) is 5.75 Å². The van der Waals surface area contributed by atoms with Crippen LogP contribution in [0, 0.1) is 0 Å². The van der Waals surface area contributed by atoms with E-state index in [1.165, 1.54) is 25.3 Å². The zero-order valence-electron chi connectivity index (χ0n) is 17.4. The third-order valence-electron chi connectivity index (χ3n) is 3.97. The van der Waals surface area contributed by atoms with E-state index >= 15 is 0 Å². The summed E-state index contributed by atoms with van der Waals surface area (Å²) in [6.07, 6.45) is -0.517. The number of carbonyl (C=O) groups is 3. The summed E-state index contributed by atoms with van der Waals surface area (Å²) in [7, 11) is 1.23. The summed E-state index contributed by atoms with van der Waals surface area (Å²) >= 11 is 0. The number of carbonyl (C=O) groups excluding carboxylic acids is 3. The maximum absolute atomic E-state index is 12.9. The molecule has 1 atom stereocenters. The lowest BCUT2D eigenvalue weighted by Gasteiger charge is -2.23. The number of amides is 2. The van der Waals surface area contributed by atoms with Gasteiger partial charge in [-0.15, -0.1) is 0 Å². The van der Waals surface area contributed by atoms with Crippen molar-refractivity contribution in [3.05, 3.63) is 59.7 Å². The predicted octanol–water partition coefficient (Wildman–Crippen LogP) is 3.25. The van der Waals surface area contributed by atoms with Crippen LogP contribution in [0.25, 0.3) is 0 Å². The molecule has 0 aliphatic rings. The zero-order valence-corrected chi connectivity index (χ0v) is 17.4. The summed E-state index contributed by atoms with van der Waals surface area (Å²) in [5.41, 5.74) is 0.344. The van der Waals surface area contributed by atoms with Crippen LogP contribution in [0.4, 0.5) is 10.5 Å². The molecule has 0 heterocycles. The summed E-state index contributed by atoms with van der Waals surface area (Å²) in [5, 5.41) is 15.3. The van der Waals surface area contributed by atoms with Gasteiger partial charge >= 0.3 is 12.1 Å². The van der Waals surface area contributed by atoms with Gasteiger partial charge in [0.05, 0.1) is 18.4 Å². The Balaban J connectivity index is 2.19. The summed E-state index contributed by atoms with van der Waals surface area (Å²) < 4.78 is 9.86. The molecule has 1 unspecified atom stereocenters. The quantitative estimate of drug-likeness (QED) is 0.494. The second-order valence-corrected chi connectivity index (χ2v) is 7.60. The highest BCUT2D eigenvalue weighted by Gasteiger charge is 2.25. The first-order valence-electron chi connectivity index (χ1n) is 9.34. The van der Waals surface area contributed by atoms with Crippen molar-refractivity contribution in [1.29, 1.82) is 0 Å². The molecule has 0 aromatic heterocycles. The normalized spacial score (nSPS) is 11.9. The number of rotatable bonds is 6. The van der Waals surface area contributed by atoms with Gasteiger partial charge < -0.3 is 25.2 Å². The van der Waals surface area contributed by atoms with Crippen LogP contribution in [-0.4, -0.2) is 41.8 Å². The van der Waals surface area contributed by atoms with Crippen LogP contribution in [0.3, 0.4) is 0 Å². The largest absolute Gasteiger partial charge is 0.506 e. The SMILES string of the molecule is COC(=O)c1ccc(NC(=O)C(Cc2ccccc2)NC(=O)OC(C)(C)C)c(O)c1. The van der Waals surface area contributed by atoms with Gasteiger partial charge in [-0.3, -0.25) is 4.79 Å². The molecule has 0 saturated heterocycles. The minimum Gasteiger partial charge on any atom is -0.506 e. The topological polar surface area (TPSA) is 114 Å². The number of alkyl carbamates (subject to hydrolysis) is 1. The first kappa shape index (κ1) is 22.7. The molecular formula is C22H26N2O6. The minimum absolute atomic E-state index is 0.0942. The van der Waals surface area contributed by atoms with Gasteiger partial charge in [-0.05, 0) is 44.5 Å². The van der Waals surface area contributed by atoms with E-state index in [1.54, 1.807) is 20.8 Å². The Morgan fingerprint density at radius 3 is 2.30 bits per heavy atom. The lowest BCUT2D eigenvalue weighted by Crippen LogP contribution is -2.47. The number of methoxy groups -OCH3 is 1. The van der Waals surface area contributed by atoms with Crippen LogP contribution in [0.1, 0.15) is 36.7 Å². The Bertz CT molecular complexity index is 906. The molecule has 8 nitrogen and oxygen atoms in total. The highest BCUT2D eigenvalue weighted by atomic mass is 16.6. The smallest absolute Gasteiger partial charge is 0.408 e. The molecule has 8 heteroatoms. The van der Waals surface area contributed by atoms with Crippen molar-refractivity contribution in [2.45, 2.75) is 38.8 Å². The van der Waals surface area contributed by atoms with E-state index in [1.807, 2.05) is 30.3 Å². The van der Waals surface area contributed by atoms with Crippen molar-refractivity contribution in [3.63, 3.8) is 0 Å². The van der Waals surface area contributed by atoms with Crippen molar-refractivity contribution in [2.24, 2.45) is 0 Å². The van der Waals surface area contributed by atoms with Crippen molar-refractivity contribution >= 4 is 23.7 Å². The van der Waals surface area contributed by atoms with Crippen molar-refractivity contribution < 1.29 is 29.0 Å². The lowest BCUT2D eigenvalue weighted by atomic mass is 10.1. The number of phenolic OH excluding ortho intramolecular Hbond substituents is 1. The molecule has 3 N–H and O–H groups in total. The number of anilines is 1. The monoisotopic (exact) mass is 414 g/mol. The molecule has 0 spiro atoms. The van der Waals surface area contributed by atoms with Crippen LogP contribution in [0.5, 0.6) is 5.75 Å². The number of benzene rings is 2. The molecular weight excluding hydrogens is 388 g/mol. The first-order chi connectivity index (χ1) is 14.1. The average Bonchev–Trinajstić information content (AvgIpc) is 2.67. The summed E-state index contributed by atoms with van der Waals surface area (Å²) in [4.78, 5) is 36.6. The van der Waals surface area contributed by atoms with E-state index in [2.05, 4.69) is 15.4 Å². The van der Waals surface area contributed by atoms with E-state index < -0.39 is 29.6 Å². The van der Waals surface area contributed by atoms with Gasteiger partial charge in [-0.2, -0.15) is 0 Å². The standard InChI is InChI=1S/C22H26N2O6/c1-22(2,3)30-21(28)24-17(12-14-8-6-5-7-9-14)19(26)23-16-11-10-15(13-18(16)25)20(27)29-4/h5-11,13,17,25H,12H2,1-4H3,(H,23,26)(H,24,28).